The second kappa shape index (κ2) is 13.7. The number of rotatable bonds is 12. The van der Waals surface area contributed by atoms with Crippen molar-refractivity contribution in [1.29, 1.82) is 0 Å². The first-order valence-electron chi connectivity index (χ1n) is 14.8. The Kier molecular flexibility index (Phi) is 9.54. The van der Waals surface area contributed by atoms with Gasteiger partial charge in [0, 0.05) is 72.4 Å². The number of anilines is 4. The van der Waals surface area contributed by atoms with Crippen LogP contribution in [-0.2, 0) is 0 Å². The van der Waals surface area contributed by atoms with Crippen LogP contribution in [0.1, 0.15) is 25.7 Å². The monoisotopic (exact) mass is 552 g/mol. The van der Waals surface area contributed by atoms with Crippen LogP contribution in [-0.4, -0.2) is 79.2 Å². The summed E-state index contributed by atoms with van der Waals surface area (Å²) in [5.41, 5.74) is 7.45. The molecule has 0 amide bonds. The number of allylic oxidation sites excluding steroid dienone is 1. The maximum Gasteiger partial charge on any atom is 0.227 e. The molecule has 8 nitrogen and oxygen atoms in total. The molecule has 2 aromatic carbocycles. The first kappa shape index (κ1) is 28.6. The van der Waals surface area contributed by atoms with Gasteiger partial charge in [0.1, 0.15) is 0 Å². The van der Waals surface area contributed by atoms with Gasteiger partial charge in [-0.25, -0.2) is 9.97 Å². The van der Waals surface area contributed by atoms with Crippen LogP contribution in [0.3, 0.4) is 0 Å². The summed E-state index contributed by atoms with van der Waals surface area (Å²) in [6.07, 6.45) is 6.36. The van der Waals surface area contributed by atoms with Crippen molar-refractivity contribution in [2.24, 2.45) is 0 Å². The van der Waals surface area contributed by atoms with E-state index in [-0.39, 0.29) is 0 Å². The molecule has 0 aliphatic carbocycles. The van der Waals surface area contributed by atoms with Crippen LogP contribution in [0, 0.1) is 0 Å². The third-order valence-electron chi connectivity index (χ3n) is 7.91. The van der Waals surface area contributed by atoms with E-state index in [1.807, 2.05) is 6.07 Å². The van der Waals surface area contributed by atoms with Crippen molar-refractivity contribution in [2.45, 2.75) is 31.7 Å². The van der Waals surface area contributed by atoms with Crippen molar-refractivity contribution in [3.63, 3.8) is 0 Å². The topological polar surface area (TPSA) is 71.6 Å². The van der Waals surface area contributed by atoms with Gasteiger partial charge in [-0.3, -0.25) is 0 Å². The Morgan fingerprint density at radius 2 is 1.71 bits per heavy atom. The van der Waals surface area contributed by atoms with E-state index in [2.05, 4.69) is 111 Å². The SMILES string of the molecule is C=C(Nc1ccc(-c2ccnc(Nc3ccc(N4CCN(C(=C)CCCN(C)C)CC4)cc3)n2)cc1)C1CCCN1. The number of hydrogen-bond donors (Lipinski definition) is 3. The molecule has 0 spiro atoms. The molecule has 0 saturated carbocycles. The molecule has 216 valence electrons. The number of hydrogen-bond acceptors (Lipinski definition) is 8. The molecule has 2 aliphatic heterocycles. The molecule has 1 aromatic heterocycles. The van der Waals surface area contributed by atoms with Gasteiger partial charge < -0.3 is 30.7 Å². The lowest BCUT2D eigenvalue weighted by Crippen LogP contribution is -2.45. The van der Waals surface area contributed by atoms with Crippen LogP contribution in [0.2, 0.25) is 0 Å². The van der Waals surface area contributed by atoms with E-state index < -0.39 is 0 Å². The molecule has 1 atom stereocenters. The summed E-state index contributed by atoms with van der Waals surface area (Å²) < 4.78 is 0. The minimum Gasteiger partial charge on any atom is -0.372 e. The molecule has 8 heteroatoms. The van der Waals surface area contributed by atoms with Gasteiger partial charge in [0.2, 0.25) is 5.95 Å². The summed E-state index contributed by atoms with van der Waals surface area (Å²) in [7, 11) is 4.25. The quantitative estimate of drug-likeness (QED) is 0.271. The Hall–Kier alpha value is -3.88. The molecule has 2 saturated heterocycles. The lowest BCUT2D eigenvalue weighted by atomic mass is 10.1. The Bertz CT molecular complexity index is 1290. The van der Waals surface area contributed by atoms with Crippen LogP contribution < -0.4 is 20.9 Å². The molecule has 0 bridgehead atoms. The highest BCUT2D eigenvalue weighted by molar-refractivity contribution is 5.66. The minimum absolute atomic E-state index is 0.345. The number of nitrogens with one attached hydrogen (secondary N) is 3. The molecule has 3 heterocycles. The average Bonchev–Trinajstić information content (AvgIpc) is 3.54. The summed E-state index contributed by atoms with van der Waals surface area (Å²) in [5, 5.41) is 10.3. The number of benzene rings is 2. The van der Waals surface area contributed by atoms with Crippen molar-refractivity contribution in [1.82, 2.24) is 25.1 Å². The average molecular weight is 553 g/mol. The zero-order valence-electron chi connectivity index (χ0n) is 24.6. The van der Waals surface area contributed by atoms with Crippen LogP contribution in [0.25, 0.3) is 11.3 Å². The van der Waals surface area contributed by atoms with E-state index in [0.717, 1.165) is 86.9 Å². The lowest BCUT2D eigenvalue weighted by molar-refractivity contribution is 0.304. The molecule has 3 N–H and O–H groups in total. The van der Waals surface area contributed by atoms with Gasteiger partial charge in [0.25, 0.3) is 0 Å². The largest absolute Gasteiger partial charge is 0.372 e. The normalized spacial score (nSPS) is 17.1. The fourth-order valence-electron chi connectivity index (χ4n) is 5.48. The molecule has 2 aliphatic rings. The van der Waals surface area contributed by atoms with Crippen LogP contribution >= 0.6 is 0 Å². The summed E-state index contributed by atoms with van der Waals surface area (Å²) >= 11 is 0. The fraction of sp³-hybridized carbons (Fsp3) is 0.394. The number of piperazine rings is 1. The fourth-order valence-corrected chi connectivity index (χ4v) is 5.48. The number of aromatic nitrogens is 2. The zero-order valence-corrected chi connectivity index (χ0v) is 24.6. The van der Waals surface area contributed by atoms with E-state index in [9.17, 15) is 0 Å². The highest BCUT2D eigenvalue weighted by Crippen LogP contribution is 2.25. The summed E-state index contributed by atoms with van der Waals surface area (Å²) in [5.74, 6) is 0.583. The molecule has 5 rings (SSSR count). The standard InChI is InChI=1S/C33H44N8/c1-25(7-6-20-39(3)4)40-21-23-41(24-22-40)30-15-13-29(14-16-30)37-33-35-19-17-32(38-33)27-9-11-28(12-10-27)36-26(2)31-8-5-18-34-31/h9-17,19,31,34,36H,1-2,5-8,18,20-24H2,3-4H3,(H,35,37,38). The third kappa shape index (κ3) is 7.86. The van der Waals surface area contributed by atoms with E-state index >= 15 is 0 Å². The van der Waals surface area contributed by atoms with Crippen molar-refractivity contribution in [3.8, 4) is 11.3 Å². The van der Waals surface area contributed by atoms with E-state index in [4.69, 9.17) is 4.98 Å². The molecule has 1 unspecified atom stereocenters. The molecule has 3 aromatic rings. The maximum atomic E-state index is 4.76. The number of nitrogens with zero attached hydrogens (tertiary/aromatic N) is 5. The van der Waals surface area contributed by atoms with Crippen molar-refractivity contribution in [3.05, 3.63) is 85.3 Å². The smallest absolute Gasteiger partial charge is 0.227 e. The molecular formula is C33H44N8. The highest BCUT2D eigenvalue weighted by Gasteiger charge is 2.19. The van der Waals surface area contributed by atoms with E-state index in [1.54, 1.807) is 6.20 Å². The molecular weight excluding hydrogens is 508 g/mol. The second-order valence-electron chi connectivity index (χ2n) is 11.3. The molecule has 0 radical (unpaired) electrons. The van der Waals surface area contributed by atoms with Crippen molar-refractivity contribution < 1.29 is 0 Å². The zero-order chi connectivity index (χ0) is 28.6. The summed E-state index contributed by atoms with van der Waals surface area (Å²) in [6.45, 7) is 14.8. The summed E-state index contributed by atoms with van der Waals surface area (Å²) in [4.78, 5) is 16.3. The first-order chi connectivity index (χ1) is 19.9. The lowest BCUT2D eigenvalue weighted by Gasteiger charge is -2.38. The van der Waals surface area contributed by atoms with Gasteiger partial charge in [-0.05, 0) is 95.3 Å². The Morgan fingerprint density at radius 3 is 2.39 bits per heavy atom. The summed E-state index contributed by atoms with van der Waals surface area (Å²) in [6, 6.07) is 19.1. The first-order valence-corrected chi connectivity index (χ1v) is 14.8. The van der Waals surface area contributed by atoms with Gasteiger partial charge in [0.15, 0.2) is 0 Å². The van der Waals surface area contributed by atoms with E-state index in [0.29, 0.717) is 12.0 Å². The van der Waals surface area contributed by atoms with Crippen LogP contribution in [0.4, 0.5) is 23.0 Å². The van der Waals surface area contributed by atoms with Gasteiger partial charge in [-0.1, -0.05) is 25.3 Å². The third-order valence-corrected chi connectivity index (χ3v) is 7.91. The predicted octanol–water partition coefficient (Wildman–Crippen LogP) is 5.54. The van der Waals surface area contributed by atoms with Gasteiger partial charge >= 0.3 is 0 Å². The van der Waals surface area contributed by atoms with Crippen LogP contribution in [0.5, 0.6) is 0 Å². The molecule has 41 heavy (non-hydrogen) atoms. The van der Waals surface area contributed by atoms with Gasteiger partial charge in [0.05, 0.1) is 5.69 Å². The van der Waals surface area contributed by atoms with Crippen LogP contribution in [0.15, 0.2) is 85.3 Å². The van der Waals surface area contributed by atoms with E-state index in [1.165, 1.54) is 17.8 Å². The molecule has 2 fully saturated rings. The highest BCUT2D eigenvalue weighted by atomic mass is 15.3. The Morgan fingerprint density at radius 1 is 0.976 bits per heavy atom. The van der Waals surface area contributed by atoms with Crippen molar-refractivity contribution in [2.75, 3.05) is 68.9 Å². The van der Waals surface area contributed by atoms with Crippen molar-refractivity contribution >= 4 is 23.0 Å². The Labute approximate surface area is 245 Å². The second-order valence-corrected chi connectivity index (χ2v) is 11.3. The Balaban J connectivity index is 1.12. The predicted molar refractivity (Wildman–Crippen MR) is 172 cm³/mol. The maximum absolute atomic E-state index is 4.76. The van der Waals surface area contributed by atoms with Gasteiger partial charge in [-0.15, -0.1) is 0 Å². The van der Waals surface area contributed by atoms with Gasteiger partial charge in [-0.2, -0.15) is 0 Å². The minimum atomic E-state index is 0.345.